The number of hydrogen-bond acceptors (Lipinski definition) is 3. The van der Waals surface area contributed by atoms with Crippen LogP contribution < -0.4 is 10.6 Å². The van der Waals surface area contributed by atoms with Crippen molar-refractivity contribution in [2.45, 2.75) is 19.9 Å². The van der Waals surface area contributed by atoms with Crippen LogP contribution >= 0.6 is 35.3 Å². The van der Waals surface area contributed by atoms with Gasteiger partial charge >= 0.3 is 0 Å². The molecule has 0 radical (unpaired) electrons. The average molecular weight is 410 g/mol. The normalized spacial score (nSPS) is 10.7. The maximum atomic E-state index is 11.5. The summed E-state index contributed by atoms with van der Waals surface area (Å²) in [4.78, 5) is 18.8. The van der Waals surface area contributed by atoms with Crippen molar-refractivity contribution in [1.82, 2.24) is 15.5 Å². The molecule has 1 aromatic heterocycles. The van der Waals surface area contributed by atoms with Gasteiger partial charge in [-0.05, 0) is 18.4 Å². The third-order valence-electron chi connectivity index (χ3n) is 2.45. The summed E-state index contributed by atoms with van der Waals surface area (Å²) in [5.74, 6) is 0.865. The first kappa shape index (κ1) is 19.2. The molecule has 0 spiro atoms. The zero-order valence-corrected chi connectivity index (χ0v) is 15.3. The van der Waals surface area contributed by atoms with Gasteiger partial charge in [-0.3, -0.25) is 4.79 Å². The summed E-state index contributed by atoms with van der Waals surface area (Å²) in [6.45, 7) is 4.08. The Labute approximate surface area is 141 Å². The van der Waals surface area contributed by atoms with Gasteiger partial charge in [-0.25, -0.2) is 4.99 Å². The van der Waals surface area contributed by atoms with E-state index < -0.39 is 0 Å². The summed E-state index contributed by atoms with van der Waals surface area (Å²) in [5, 5.41) is 8.37. The Morgan fingerprint density at radius 1 is 1.40 bits per heavy atom. The molecule has 0 aliphatic heterocycles. The van der Waals surface area contributed by atoms with Gasteiger partial charge in [-0.15, -0.1) is 35.3 Å². The molecule has 0 fully saturated rings. The fourth-order valence-electron chi connectivity index (χ4n) is 1.41. The lowest BCUT2D eigenvalue weighted by Gasteiger charge is -2.13. The van der Waals surface area contributed by atoms with Crippen LogP contribution in [0.2, 0.25) is 0 Å². The number of hydrogen-bond donors (Lipinski definition) is 2. The number of carbonyl (C=O) groups is 1. The van der Waals surface area contributed by atoms with Crippen molar-refractivity contribution in [2.75, 3.05) is 27.2 Å². The van der Waals surface area contributed by atoms with E-state index in [0.29, 0.717) is 19.5 Å². The van der Waals surface area contributed by atoms with Crippen LogP contribution in [0.15, 0.2) is 22.5 Å². The van der Waals surface area contributed by atoms with Crippen molar-refractivity contribution < 1.29 is 4.79 Å². The molecule has 0 atom stereocenters. The molecule has 0 aliphatic carbocycles. The van der Waals surface area contributed by atoms with E-state index in [1.807, 2.05) is 18.4 Å². The van der Waals surface area contributed by atoms with E-state index >= 15 is 0 Å². The second-order valence-electron chi connectivity index (χ2n) is 4.24. The van der Waals surface area contributed by atoms with Crippen LogP contribution in [0.1, 0.15) is 18.2 Å². The molecule has 2 N–H and O–H groups in total. The van der Waals surface area contributed by atoms with Gasteiger partial charge in [0.2, 0.25) is 5.91 Å². The lowest BCUT2D eigenvalue weighted by atomic mass is 10.4. The van der Waals surface area contributed by atoms with E-state index in [0.717, 1.165) is 12.5 Å². The number of rotatable bonds is 6. The molecule has 20 heavy (non-hydrogen) atoms. The summed E-state index contributed by atoms with van der Waals surface area (Å²) in [5.41, 5.74) is 0. The Balaban J connectivity index is 0.00000361. The summed E-state index contributed by atoms with van der Waals surface area (Å²) in [6.07, 6.45) is 0.469. The molecular formula is C13H23IN4OS. The molecule has 1 amide bonds. The Bertz CT molecular complexity index is 407. The number of thiophene rings is 1. The fraction of sp³-hybridized carbons (Fsp3) is 0.538. The standard InChI is InChI=1S/C13H22N4OS.HI/c1-4-14-13(15-8-7-12(18)17(2)3)16-10-11-6-5-9-19-11;/h5-6,9H,4,7-8,10H2,1-3H3,(H2,14,15,16);1H. The number of aliphatic imine (C=N–C) groups is 1. The first-order valence-corrected chi connectivity index (χ1v) is 7.26. The highest BCUT2D eigenvalue weighted by Crippen LogP contribution is 2.09. The lowest BCUT2D eigenvalue weighted by molar-refractivity contribution is -0.128. The van der Waals surface area contributed by atoms with E-state index in [1.54, 1.807) is 30.3 Å². The molecule has 0 saturated carbocycles. The van der Waals surface area contributed by atoms with Crippen LogP contribution in [0.25, 0.3) is 0 Å². The van der Waals surface area contributed by atoms with Crippen LogP contribution in [-0.2, 0) is 11.3 Å². The molecular weight excluding hydrogens is 387 g/mol. The Kier molecular flexibility index (Phi) is 10.4. The largest absolute Gasteiger partial charge is 0.357 e. The Morgan fingerprint density at radius 2 is 2.15 bits per heavy atom. The van der Waals surface area contributed by atoms with Crippen molar-refractivity contribution in [1.29, 1.82) is 0 Å². The van der Waals surface area contributed by atoms with Gasteiger partial charge in [0.25, 0.3) is 0 Å². The first-order valence-electron chi connectivity index (χ1n) is 6.38. The first-order chi connectivity index (χ1) is 9.13. The van der Waals surface area contributed by atoms with Crippen molar-refractivity contribution in [3.05, 3.63) is 22.4 Å². The molecule has 0 unspecified atom stereocenters. The van der Waals surface area contributed by atoms with Crippen LogP contribution in [0.4, 0.5) is 0 Å². The minimum Gasteiger partial charge on any atom is -0.357 e. The van der Waals surface area contributed by atoms with E-state index in [2.05, 4.69) is 21.7 Å². The zero-order chi connectivity index (χ0) is 14.1. The highest BCUT2D eigenvalue weighted by molar-refractivity contribution is 14.0. The molecule has 1 rings (SSSR count). The Morgan fingerprint density at radius 3 is 2.70 bits per heavy atom. The third-order valence-corrected chi connectivity index (χ3v) is 3.31. The Hall–Kier alpha value is -0.830. The molecule has 0 aliphatic rings. The molecule has 7 heteroatoms. The van der Waals surface area contributed by atoms with Gasteiger partial charge < -0.3 is 15.5 Å². The lowest BCUT2D eigenvalue weighted by Crippen LogP contribution is -2.39. The molecule has 1 heterocycles. The van der Waals surface area contributed by atoms with Crippen LogP contribution in [0.5, 0.6) is 0 Å². The van der Waals surface area contributed by atoms with Gasteiger partial charge in [0.15, 0.2) is 5.96 Å². The van der Waals surface area contributed by atoms with E-state index in [1.165, 1.54) is 4.88 Å². The van der Waals surface area contributed by atoms with Crippen molar-refractivity contribution >= 4 is 47.2 Å². The van der Waals surface area contributed by atoms with E-state index in [9.17, 15) is 4.79 Å². The van der Waals surface area contributed by atoms with Gasteiger partial charge in [0.05, 0.1) is 6.54 Å². The third kappa shape index (κ3) is 7.68. The summed E-state index contributed by atoms with van der Waals surface area (Å²) >= 11 is 1.69. The second-order valence-corrected chi connectivity index (χ2v) is 5.27. The number of carbonyl (C=O) groups excluding carboxylic acids is 1. The van der Waals surface area contributed by atoms with Crippen molar-refractivity contribution in [3.63, 3.8) is 0 Å². The van der Waals surface area contributed by atoms with Gasteiger partial charge in [0.1, 0.15) is 0 Å². The molecule has 0 saturated heterocycles. The monoisotopic (exact) mass is 410 g/mol. The fourth-order valence-corrected chi connectivity index (χ4v) is 2.04. The molecule has 114 valence electrons. The highest BCUT2D eigenvalue weighted by Gasteiger charge is 2.04. The van der Waals surface area contributed by atoms with E-state index in [-0.39, 0.29) is 29.9 Å². The quantitative estimate of drug-likeness (QED) is 0.428. The molecule has 0 bridgehead atoms. The topological polar surface area (TPSA) is 56.7 Å². The highest BCUT2D eigenvalue weighted by atomic mass is 127. The smallest absolute Gasteiger partial charge is 0.223 e. The summed E-state index contributed by atoms with van der Waals surface area (Å²) < 4.78 is 0. The number of nitrogens with zero attached hydrogens (tertiary/aromatic N) is 2. The van der Waals surface area contributed by atoms with Gasteiger partial charge in [-0.2, -0.15) is 0 Å². The minimum absolute atomic E-state index is 0. The number of halogens is 1. The van der Waals surface area contributed by atoms with Gasteiger partial charge in [0, 0.05) is 38.5 Å². The maximum Gasteiger partial charge on any atom is 0.223 e. The van der Waals surface area contributed by atoms with Crippen molar-refractivity contribution in [2.24, 2.45) is 4.99 Å². The average Bonchev–Trinajstić information content (AvgIpc) is 2.88. The van der Waals surface area contributed by atoms with E-state index in [4.69, 9.17) is 0 Å². The predicted octanol–water partition coefficient (Wildman–Crippen LogP) is 1.90. The predicted molar refractivity (Wildman–Crippen MR) is 95.9 cm³/mol. The molecule has 0 aromatic carbocycles. The number of guanidine groups is 1. The van der Waals surface area contributed by atoms with Gasteiger partial charge in [-0.1, -0.05) is 6.07 Å². The minimum atomic E-state index is 0. The second kappa shape index (κ2) is 10.9. The maximum absolute atomic E-state index is 11.5. The SMILES string of the molecule is CCNC(=NCc1cccs1)NCCC(=O)N(C)C.I. The summed E-state index contributed by atoms with van der Waals surface area (Å²) in [7, 11) is 3.52. The summed E-state index contributed by atoms with van der Waals surface area (Å²) in [6, 6.07) is 4.08. The molecule has 1 aromatic rings. The number of nitrogens with one attached hydrogen (secondary N) is 2. The van der Waals surface area contributed by atoms with Crippen LogP contribution in [0, 0.1) is 0 Å². The van der Waals surface area contributed by atoms with Crippen LogP contribution in [-0.4, -0.2) is 44.0 Å². The number of amides is 1. The van der Waals surface area contributed by atoms with Crippen LogP contribution in [0.3, 0.4) is 0 Å². The molecule has 5 nitrogen and oxygen atoms in total. The zero-order valence-electron chi connectivity index (χ0n) is 12.2. The van der Waals surface area contributed by atoms with Crippen molar-refractivity contribution in [3.8, 4) is 0 Å².